The van der Waals surface area contributed by atoms with Crippen molar-refractivity contribution in [2.45, 2.75) is 24.7 Å². The van der Waals surface area contributed by atoms with Crippen LogP contribution in [0.3, 0.4) is 0 Å². The number of aliphatic hydroxyl groups excluding tert-OH is 2. The van der Waals surface area contributed by atoms with E-state index < -0.39 is 39.1 Å². The molecule has 0 amide bonds. The number of halogens is 1. The van der Waals surface area contributed by atoms with Gasteiger partial charge in [-0.1, -0.05) is 0 Å². The summed E-state index contributed by atoms with van der Waals surface area (Å²) in [4.78, 5) is 16.7. The zero-order chi connectivity index (χ0) is 10.9. The van der Waals surface area contributed by atoms with Gasteiger partial charge in [-0.3, -0.25) is 4.52 Å². The third kappa shape index (κ3) is 2.71. The Bertz CT molecular complexity index is 242. The van der Waals surface area contributed by atoms with Crippen molar-refractivity contribution in [3.8, 4) is 0 Å². The molecule has 4 atom stereocenters. The molecule has 0 aromatic heterocycles. The fourth-order valence-corrected chi connectivity index (χ4v) is 1.50. The van der Waals surface area contributed by atoms with Crippen LogP contribution in [0, 0.1) is 0 Å². The van der Waals surface area contributed by atoms with Gasteiger partial charge in [-0.05, 0) is 0 Å². The van der Waals surface area contributed by atoms with Gasteiger partial charge < -0.3 is 24.7 Å². The van der Waals surface area contributed by atoms with E-state index in [4.69, 9.17) is 20.0 Å². The Kier molecular flexibility index (Phi) is 3.59. The van der Waals surface area contributed by atoms with Gasteiger partial charge >= 0.3 is 7.82 Å². The molecule has 1 fully saturated rings. The lowest BCUT2D eigenvalue weighted by atomic mass is 10.2. The van der Waals surface area contributed by atoms with Crippen LogP contribution in [0.4, 0.5) is 4.39 Å². The molecule has 0 aromatic rings. The average molecular weight is 232 g/mol. The van der Waals surface area contributed by atoms with Crippen LogP contribution in [0.25, 0.3) is 0 Å². The van der Waals surface area contributed by atoms with Crippen LogP contribution in [0.15, 0.2) is 0 Å². The Hall–Kier alpha value is -0.0800. The molecular weight excluding hydrogens is 222 g/mol. The molecule has 1 saturated heterocycles. The molecule has 0 bridgehead atoms. The van der Waals surface area contributed by atoms with Crippen molar-refractivity contribution in [2.24, 2.45) is 0 Å². The van der Waals surface area contributed by atoms with Crippen LogP contribution in [-0.4, -0.2) is 51.3 Å². The molecule has 9 heteroatoms. The fourth-order valence-electron chi connectivity index (χ4n) is 1.06. The maximum absolute atomic E-state index is 13.0. The number of hydrogen-bond donors (Lipinski definition) is 4. The van der Waals surface area contributed by atoms with E-state index in [1.165, 1.54) is 0 Å². The first kappa shape index (κ1) is 12.0. The maximum Gasteiger partial charge on any atom is 0.472 e. The summed E-state index contributed by atoms with van der Waals surface area (Å²) >= 11 is 0. The predicted octanol–water partition coefficient (Wildman–Crippen LogP) is -1.49. The van der Waals surface area contributed by atoms with Crippen molar-refractivity contribution in [3.05, 3.63) is 0 Å². The minimum atomic E-state index is -4.87. The molecule has 84 valence electrons. The van der Waals surface area contributed by atoms with Crippen LogP contribution in [0.2, 0.25) is 0 Å². The SMILES string of the molecule is O=P(O)(O)OC1O[C@H](CO)[C@@H](O)[C@@H]1F. The number of ether oxygens (including phenoxy) is 1. The number of alkyl halides is 1. The summed E-state index contributed by atoms with van der Waals surface area (Å²) in [5.74, 6) is 0. The number of aliphatic hydroxyl groups is 2. The molecule has 1 rings (SSSR count). The minimum Gasteiger partial charge on any atom is -0.394 e. The smallest absolute Gasteiger partial charge is 0.394 e. The van der Waals surface area contributed by atoms with E-state index in [9.17, 15) is 8.96 Å². The van der Waals surface area contributed by atoms with Gasteiger partial charge in [0.15, 0.2) is 6.17 Å². The summed E-state index contributed by atoms with van der Waals surface area (Å²) in [6, 6.07) is 0. The lowest BCUT2D eigenvalue weighted by Gasteiger charge is -2.13. The molecule has 0 radical (unpaired) electrons. The summed E-state index contributed by atoms with van der Waals surface area (Å²) in [6.45, 7) is -0.664. The van der Waals surface area contributed by atoms with Crippen LogP contribution in [0.5, 0.6) is 0 Å². The summed E-state index contributed by atoms with van der Waals surface area (Å²) in [5, 5.41) is 17.6. The zero-order valence-corrected chi connectivity index (χ0v) is 7.75. The normalized spacial score (nSPS) is 38.9. The van der Waals surface area contributed by atoms with Crippen LogP contribution in [-0.2, 0) is 13.8 Å². The Balaban J connectivity index is 2.61. The van der Waals surface area contributed by atoms with E-state index in [1.54, 1.807) is 0 Å². The van der Waals surface area contributed by atoms with Gasteiger partial charge in [0.25, 0.3) is 0 Å². The molecule has 0 aromatic carbocycles. The van der Waals surface area contributed by atoms with Gasteiger partial charge in [0.1, 0.15) is 12.2 Å². The van der Waals surface area contributed by atoms with E-state index in [1.807, 2.05) is 0 Å². The highest BCUT2D eigenvalue weighted by atomic mass is 31.2. The van der Waals surface area contributed by atoms with Crippen molar-refractivity contribution in [2.75, 3.05) is 6.61 Å². The molecule has 0 aliphatic carbocycles. The second-order valence-electron chi connectivity index (χ2n) is 2.76. The highest BCUT2D eigenvalue weighted by Crippen LogP contribution is 2.41. The van der Waals surface area contributed by atoms with E-state index >= 15 is 0 Å². The molecule has 0 spiro atoms. The standard InChI is InChI=1S/C5H10FO7P/c6-3-4(8)2(1-7)12-5(3)13-14(9,10)11/h2-5,7-8H,1H2,(H2,9,10,11)/t2-,3+,4-,5?/m1/s1. The minimum absolute atomic E-state index is 0.664. The lowest BCUT2D eigenvalue weighted by Crippen LogP contribution is -2.31. The monoisotopic (exact) mass is 232 g/mol. The molecule has 14 heavy (non-hydrogen) atoms. The van der Waals surface area contributed by atoms with E-state index in [0.29, 0.717) is 0 Å². The fraction of sp³-hybridized carbons (Fsp3) is 1.00. The number of phosphoric acid groups is 1. The Morgan fingerprint density at radius 3 is 2.43 bits per heavy atom. The van der Waals surface area contributed by atoms with Gasteiger partial charge in [0.05, 0.1) is 6.61 Å². The second kappa shape index (κ2) is 4.19. The van der Waals surface area contributed by atoms with Gasteiger partial charge in [-0.15, -0.1) is 0 Å². The summed E-state index contributed by atoms with van der Waals surface area (Å²) < 4.78 is 31.7. The van der Waals surface area contributed by atoms with Gasteiger partial charge in [-0.2, -0.15) is 0 Å². The van der Waals surface area contributed by atoms with E-state index in [0.717, 1.165) is 0 Å². The molecule has 1 aliphatic rings. The Morgan fingerprint density at radius 1 is 1.50 bits per heavy atom. The van der Waals surface area contributed by atoms with Crippen LogP contribution >= 0.6 is 7.82 Å². The first-order valence-corrected chi connectivity index (χ1v) is 5.20. The lowest BCUT2D eigenvalue weighted by molar-refractivity contribution is -0.114. The van der Waals surface area contributed by atoms with E-state index in [2.05, 4.69) is 9.26 Å². The molecule has 7 nitrogen and oxygen atoms in total. The molecular formula is C5H10FO7P. The van der Waals surface area contributed by atoms with Crippen molar-refractivity contribution >= 4 is 7.82 Å². The third-order valence-corrected chi connectivity index (χ3v) is 2.18. The largest absolute Gasteiger partial charge is 0.472 e. The first-order chi connectivity index (χ1) is 6.35. The van der Waals surface area contributed by atoms with Crippen molar-refractivity contribution in [3.63, 3.8) is 0 Å². The number of phosphoric ester groups is 1. The second-order valence-corrected chi connectivity index (χ2v) is 3.95. The predicted molar refractivity (Wildman–Crippen MR) is 39.8 cm³/mol. The third-order valence-electron chi connectivity index (χ3n) is 1.70. The van der Waals surface area contributed by atoms with E-state index in [-0.39, 0.29) is 0 Å². The quantitative estimate of drug-likeness (QED) is 0.438. The molecule has 0 saturated carbocycles. The summed E-state index contributed by atoms with van der Waals surface area (Å²) in [5.41, 5.74) is 0. The maximum atomic E-state index is 13.0. The van der Waals surface area contributed by atoms with Crippen LogP contribution < -0.4 is 0 Å². The van der Waals surface area contributed by atoms with Crippen molar-refractivity contribution < 1.29 is 38.2 Å². The highest BCUT2D eigenvalue weighted by Gasteiger charge is 2.47. The highest BCUT2D eigenvalue weighted by molar-refractivity contribution is 7.46. The zero-order valence-electron chi connectivity index (χ0n) is 6.86. The van der Waals surface area contributed by atoms with Crippen molar-refractivity contribution in [1.29, 1.82) is 0 Å². The molecule has 4 N–H and O–H groups in total. The summed E-state index contributed by atoms with van der Waals surface area (Å²) in [7, 11) is -4.87. The molecule has 1 heterocycles. The first-order valence-electron chi connectivity index (χ1n) is 3.67. The molecule has 1 unspecified atom stereocenters. The number of rotatable bonds is 3. The van der Waals surface area contributed by atoms with Crippen molar-refractivity contribution in [1.82, 2.24) is 0 Å². The average Bonchev–Trinajstić information content (AvgIpc) is 2.30. The van der Waals surface area contributed by atoms with Crippen LogP contribution in [0.1, 0.15) is 0 Å². The number of hydrogen-bond acceptors (Lipinski definition) is 5. The van der Waals surface area contributed by atoms with Gasteiger partial charge in [0.2, 0.25) is 6.29 Å². The van der Waals surface area contributed by atoms with Gasteiger partial charge in [-0.25, -0.2) is 8.96 Å². The topological polar surface area (TPSA) is 116 Å². The van der Waals surface area contributed by atoms with Gasteiger partial charge in [0, 0.05) is 0 Å². The molecule has 1 aliphatic heterocycles. The Morgan fingerprint density at radius 2 is 2.07 bits per heavy atom. The summed E-state index contributed by atoms with van der Waals surface area (Å²) in [6.07, 6.45) is -6.85. The Labute approximate surface area is 78.3 Å².